The van der Waals surface area contributed by atoms with Crippen LogP contribution in [0, 0.1) is 6.92 Å². The Labute approximate surface area is 123 Å². The first kappa shape index (κ1) is 14.7. The molecule has 1 aromatic carbocycles. The lowest BCUT2D eigenvalue weighted by Gasteiger charge is -2.15. The quantitative estimate of drug-likeness (QED) is 0.865. The fourth-order valence-electron chi connectivity index (χ4n) is 2.03. The Kier molecular flexibility index (Phi) is 4.66. The van der Waals surface area contributed by atoms with Crippen molar-refractivity contribution in [3.05, 3.63) is 65.5 Å². The van der Waals surface area contributed by atoms with E-state index in [1.165, 1.54) is 6.20 Å². The Morgan fingerprint density at radius 2 is 2.05 bits per heavy atom. The standard InChI is InChI=1S/C16H17N3O2/c1-11-5-4-6-12(9-11)10-14(15(17)20)19-16(21)13-7-2-3-8-18-13/h2-9,14H,10H2,1H3,(H2,17,20)(H,19,21)/t14-/m1/s1. The van der Waals surface area contributed by atoms with Crippen LogP contribution < -0.4 is 11.1 Å². The molecule has 0 saturated carbocycles. The number of primary amides is 1. The normalized spacial score (nSPS) is 11.7. The average Bonchev–Trinajstić information content (AvgIpc) is 2.47. The molecular weight excluding hydrogens is 266 g/mol. The molecule has 2 rings (SSSR count). The highest BCUT2D eigenvalue weighted by molar-refractivity contribution is 5.95. The Morgan fingerprint density at radius 1 is 1.24 bits per heavy atom. The summed E-state index contributed by atoms with van der Waals surface area (Å²) in [4.78, 5) is 27.5. The summed E-state index contributed by atoms with van der Waals surface area (Å²) in [6.45, 7) is 1.97. The van der Waals surface area contributed by atoms with Gasteiger partial charge in [-0.15, -0.1) is 0 Å². The minimum absolute atomic E-state index is 0.257. The van der Waals surface area contributed by atoms with Crippen molar-refractivity contribution >= 4 is 11.8 Å². The van der Waals surface area contributed by atoms with Crippen molar-refractivity contribution in [3.8, 4) is 0 Å². The second kappa shape index (κ2) is 6.65. The van der Waals surface area contributed by atoms with Crippen molar-refractivity contribution in [2.24, 2.45) is 5.73 Å². The fraction of sp³-hybridized carbons (Fsp3) is 0.188. The van der Waals surface area contributed by atoms with E-state index in [2.05, 4.69) is 10.3 Å². The topological polar surface area (TPSA) is 85.1 Å². The number of pyridine rings is 1. The van der Waals surface area contributed by atoms with Crippen LogP contribution in [0.15, 0.2) is 48.7 Å². The maximum atomic E-state index is 12.0. The number of nitrogens with two attached hydrogens (primary N) is 1. The lowest BCUT2D eigenvalue weighted by molar-refractivity contribution is -0.119. The summed E-state index contributed by atoms with van der Waals surface area (Å²) >= 11 is 0. The molecular formula is C16H17N3O2. The van der Waals surface area contributed by atoms with Crippen LogP contribution in [0.25, 0.3) is 0 Å². The number of nitrogens with one attached hydrogen (secondary N) is 1. The zero-order chi connectivity index (χ0) is 15.2. The molecule has 0 fully saturated rings. The van der Waals surface area contributed by atoms with Gasteiger partial charge in [0.2, 0.25) is 5.91 Å². The average molecular weight is 283 g/mol. The predicted molar refractivity (Wildman–Crippen MR) is 79.6 cm³/mol. The van der Waals surface area contributed by atoms with Crippen molar-refractivity contribution in [2.75, 3.05) is 0 Å². The molecule has 1 heterocycles. The van der Waals surface area contributed by atoms with Gasteiger partial charge in [0.15, 0.2) is 0 Å². The lowest BCUT2D eigenvalue weighted by atomic mass is 10.0. The van der Waals surface area contributed by atoms with Crippen LogP contribution in [-0.4, -0.2) is 22.8 Å². The number of hydrogen-bond donors (Lipinski definition) is 2. The van der Waals surface area contributed by atoms with Gasteiger partial charge in [-0.05, 0) is 24.6 Å². The summed E-state index contributed by atoms with van der Waals surface area (Å²) in [7, 11) is 0. The number of carbonyl (C=O) groups is 2. The second-order valence-electron chi connectivity index (χ2n) is 4.84. The Balaban J connectivity index is 2.09. The molecule has 21 heavy (non-hydrogen) atoms. The van der Waals surface area contributed by atoms with Crippen LogP contribution in [0.1, 0.15) is 21.6 Å². The van der Waals surface area contributed by atoms with Gasteiger partial charge < -0.3 is 11.1 Å². The molecule has 1 atom stereocenters. The molecule has 3 N–H and O–H groups in total. The zero-order valence-corrected chi connectivity index (χ0v) is 11.7. The van der Waals surface area contributed by atoms with Crippen molar-refractivity contribution in [2.45, 2.75) is 19.4 Å². The van der Waals surface area contributed by atoms with E-state index in [0.717, 1.165) is 11.1 Å². The molecule has 0 aliphatic carbocycles. The molecule has 2 amide bonds. The summed E-state index contributed by atoms with van der Waals surface area (Å²) < 4.78 is 0. The Morgan fingerprint density at radius 3 is 2.67 bits per heavy atom. The largest absolute Gasteiger partial charge is 0.368 e. The third-order valence-corrected chi connectivity index (χ3v) is 3.07. The summed E-state index contributed by atoms with van der Waals surface area (Å²) in [5, 5.41) is 2.62. The molecule has 0 saturated heterocycles. The van der Waals surface area contributed by atoms with Gasteiger partial charge in [0.1, 0.15) is 11.7 Å². The van der Waals surface area contributed by atoms with Gasteiger partial charge in [0.05, 0.1) is 0 Å². The monoisotopic (exact) mass is 283 g/mol. The minimum Gasteiger partial charge on any atom is -0.368 e. The summed E-state index contributed by atoms with van der Waals surface area (Å²) in [6.07, 6.45) is 1.88. The summed E-state index contributed by atoms with van der Waals surface area (Å²) in [6, 6.07) is 12.0. The van der Waals surface area contributed by atoms with Gasteiger partial charge >= 0.3 is 0 Å². The van der Waals surface area contributed by atoms with Crippen molar-refractivity contribution in [3.63, 3.8) is 0 Å². The molecule has 0 aliphatic heterocycles. The van der Waals surface area contributed by atoms with Gasteiger partial charge in [-0.3, -0.25) is 14.6 Å². The van der Waals surface area contributed by atoms with Gasteiger partial charge in [0.25, 0.3) is 5.91 Å². The van der Waals surface area contributed by atoms with Gasteiger partial charge in [-0.1, -0.05) is 35.9 Å². The van der Waals surface area contributed by atoms with Crippen LogP contribution in [0.2, 0.25) is 0 Å². The highest BCUT2D eigenvalue weighted by Crippen LogP contribution is 2.07. The van der Waals surface area contributed by atoms with E-state index in [-0.39, 0.29) is 5.69 Å². The van der Waals surface area contributed by atoms with Gasteiger partial charge in [0, 0.05) is 12.6 Å². The van der Waals surface area contributed by atoms with Crippen molar-refractivity contribution in [1.82, 2.24) is 10.3 Å². The molecule has 5 nitrogen and oxygen atoms in total. The van der Waals surface area contributed by atoms with Crippen LogP contribution >= 0.6 is 0 Å². The number of rotatable bonds is 5. The molecule has 2 aromatic rings. The Bertz CT molecular complexity index is 641. The molecule has 0 unspecified atom stereocenters. The highest BCUT2D eigenvalue weighted by atomic mass is 16.2. The van der Waals surface area contributed by atoms with E-state index in [1.54, 1.807) is 18.2 Å². The van der Waals surface area contributed by atoms with Crippen LogP contribution in [0.5, 0.6) is 0 Å². The molecule has 0 bridgehead atoms. The fourth-order valence-corrected chi connectivity index (χ4v) is 2.03. The van der Waals surface area contributed by atoms with Gasteiger partial charge in [-0.25, -0.2) is 0 Å². The number of benzene rings is 1. The number of aromatic nitrogens is 1. The van der Waals surface area contributed by atoms with E-state index < -0.39 is 17.9 Å². The maximum Gasteiger partial charge on any atom is 0.270 e. The van der Waals surface area contributed by atoms with E-state index in [9.17, 15) is 9.59 Å². The van der Waals surface area contributed by atoms with Crippen LogP contribution in [-0.2, 0) is 11.2 Å². The van der Waals surface area contributed by atoms with E-state index in [0.29, 0.717) is 6.42 Å². The smallest absolute Gasteiger partial charge is 0.270 e. The highest BCUT2D eigenvalue weighted by Gasteiger charge is 2.19. The van der Waals surface area contributed by atoms with E-state index >= 15 is 0 Å². The maximum absolute atomic E-state index is 12.0. The summed E-state index contributed by atoms with van der Waals surface area (Å²) in [5.74, 6) is -0.979. The molecule has 0 radical (unpaired) electrons. The SMILES string of the molecule is Cc1cccc(C[C@@H](NC(=O)c2ccccn2)C(N)=O)c1. The van der Waals surface area contributed by atoms with Crippen molar-refractivity contribution < 1.29 is 9.59 Å². The molecule has 0 spiro atoms. The first-order chi connectivity index (χ1) is 10.1. The lowest BCUT2D eigenvalue weighted by Crippen LogP contribution is -2.46. The van der Waals surface area contributed by atoms with Crippen LogP contribution in [0.3, 0.4) is 0 Å². The number of aryl methyl sites for hydroxylation is 1. The number of carbonyl (C=O) groups excluding carboxylic acids is 2. The minimum atomic E-state index is -0.763. The number of amides is 2. The Hall–Kier alpha value is -2.69. The first-order valence-electron chi connectivity index (χ1n) is 6.63. The molecule has 5 heteroatoms. The number of nitrogens with zero attached hydrogens (tertiary/aromatic N) is 1. The van der Waals surface area contributed by atoms with E-state index in [1.807, 2.05) is 31.2 Å². The predicted octanol–water partition coefficient (Wildman–Crippen LogP) is 1.22. The van der Waals surface area contributed by atoms with Gasteiger partial charge in [-0.2, -0.15) is 0 Å². The first-order valence-corrected chi connectivity index (χ1v) is 6.63. The van der Waals surface area contributed by atoms with Crippen LogP contribution in [0.4, 0.5) is 0 Å². The zero-order valence-electron chi connectivity index (χ0n) is 11.7. The molecule has 1 aromatic heterocycles. The van der Waals surface area contributed by atoms with E-state index in [4.69, 9.17) is 5.73 Å². The molecule has 108 valence electrons. The molecule has 0 aliphatic rings. The third kappa shape index (κ3) is 4.14. The third-order valence-electron chi connectivity index (χ3n) is 3.07. The number of hydrogen-bond acceptors (Lipinski definition) is 3. The second-order valence-corrected chi connectivity index (χ2v) is 4.84. The van der Waals surface area contributed by atoms with Crippen molar-refractivity contribution in [1.29, 1.82) is 0 Å². The summed E-state index contributed by atoms with van der Waals surface area (Å²) in [5.41, 5.74) is 7.67.